The summed E-state index contributed by atoms with van der Waals surface area (Å²) in [4.78, 5) is 42.5. The molecule has 3 aliphatic heterocycles. The van der Waals surface area contributed by atoms with Crippen LogP contribution < -0.4 is 0 Å². The van der Waals surface area contributed by atoms with Crippen LogP contribution in [0.25, 0.3) is 0 Å². The quantitative estimate of drug-likeness (QED) is 0.551. The lowest BCUT2D eigenvalue weighted by molar-refractivity contribution is -0.193. The van der Waals surface area contributed by atoms with Gasteiger partial charge in [0, 0.05) is 38.1 Å². The summed E-state index contributed by atoms with van der Waals surface area (Å²) in [5.41, 5.74) is 1.18. The van der Waals surface area contributed by atoms with Crippen LogP contribution in [0.2, 0.25) is 0 Å². The maximum atomic E-state index is 12.7. The molecule has 3 fully saturated rings. The van der Waals surface area contributed by atoms with Crippen LogP contribution in [0.3, 0.4) is 0 Å². The van der Waals surface area contributed by atoms with E-state index in [1.807, 2.05) is 12.3 Å². The summed E-state index contributed by atoms with van der Waals surface area (Å²) < 4.78 is 69.4. The monoisotopic (exact) mass is 545 g/mol. The topological polar surface area (TPSA) is 129 Å². The van der Waals surface area contributed by atoms with Crippen molar-refractivity contribution in [2.45, 2.75) is 50.3 Å². The van der Waals surface area contributed by atoms with Gasteiger partial charge in [0.2, 0.25) is 0 Å². The molecule has 0 radical (unpaired) electrons. The third-order valence-corrected chi connectivity index (χ3v) is 5.56. The SMILES string of the molecule is O=C(O)C(F)(F)F.O=C(O)C(F)(F)F.O=C([C@H]1C[C@H]2OCC[C@H]2N(Cc2cccnc2)C1)N1CCCO1. The Labute approximate surface area is 206 Å². The number of carboxylic acid groups (broad SMARTS) is 2. The zero-order valence-electron chi connectivity index (χ0n) is 19.2. The summed E-state index contributed by atoms with van der Waals surface area (Å²) >= 11 is 0. The minimum Gasteiger partial charge on any atom is -0.475 e. The van der Waals surface area contributed by atoms with Crippen LogP contribution in [-0.2, 0) is 30.5 Å². The first-order valence-electron chi connectivity index (χ1n) is 11.0. The number of hydrogen-bond acceptors (Lipinski definition) is 7. The Bertz CT molecular complexity index is 886. The number of alkyl halides is 6. The third-order valence-electron chi connectivity index (χ3n) is 5.56. The van der Waals surface area contributed by atoms with Crippen LogP contribution in [0, 0.1) is 5.92 Å². The number of ether oxygens (including phenoxy) is 1. The highest BCUT2D eigenvalue weighted by Gasteiger charge is 2.44. The Morgan fingerprint density at radius 1 is 1.05 bits per heavy atom. The van der Waals surface area contributed by atoms with Gasteiger partial charge < -0.3 is 14.9 Å². The molecule has 2 N–H and O–H groups in total. The summed E-state index contributed by atoms with van der Waals surface area (Å²) in [5, 5.41) is 15.8. The Morgan fingerprint density at radius 2 is 1.68 bits per heavy atom. The first-order chi connectivity index (χ1) is 17.2. The summed E-state index contributed by atoms with van der Waals surface area (Å²) in [5.74, 6) is -5.43. The molecule has 1 amide bonds. The average Bonchev–Trinajstić information content (AvgIpc) is 3.51. The number of carbonyl (C=O) groups is 3. The van der Waals surface area contributed by atoms with E-state index in [1.54, 1.807) is 11.3 Å². The van der Waals surface area contributed by atoms with Gasteiger partial charge in [-0.15, -0.1) is 0 Å². The molecule has 4 heterocycles. The number of aliphatic carboxylic acids is 2. The Kier molecular flexibility index (Phi) is 10.6. The molecule has 3 atom stereocenters. The van der Waals surface area contributed by atoms with Gasteiger partial charge in [-0.2, -0.15) is 26.3 Å². The lowest BCUT2D eigenvalue weighted by Crippen LogP contribution is -2.52. The Balaban J connectivity index is 0.000000286. The van der Waals surface area contributed by atoms with Crippen molar-refractivity contribution >= 4 is 17.8 Å². The number of rotatable bonds is 3. The van der Waals surface area contributed by atoms with E-state index in [9.17, 15) is 31.1 Å². The molecule has 10 nitrogen and oxygen atoms in total. The number of hydroxylamine groups is 2. The molecule has 37 heavy (non-hydrogen) atoms. The van der Waals surface area contributed by atoms with E-state index in [0.29, 0.717) is 19.2 Å². The summed E-state index contributed by atoms with van der Waals surface area (Å²) in [6.45, 7) is 3.76. The number of aromatic nitrogens is 1. The second-order valence-electron chi connectivity index (χ2n) is 8.22. The number of fused-ring (bicyclic) bond motifs is 1. The predicted octanol–water partition coefficient (Wildman–Crippen LogP) is 2.49. The van der Waals surface area contributed by atoms with Gasteiger partial charge in [-0.05, 0) is 30.9 Å². The normalized spacial score (nSPS) is 23.7. The zero-order valence-corrected chi connectivity index (χ0v) is 19.2. The van der Waals surface area contributed by atoms with E-state index in [1.165, 1.54) is 5.56 Å². The molecule has 0 aliphatic carbocycles. The molecular formula is C21H25F6N3O7. The first kappa shape index (κ1) is 30.2. The lowest BCUT2D eigenvalue weighted by Gasteiger charge is -2.40. The molecule has 0 saturated carbocycles. The molecule has 1 aromatic heterocycles. The highest BCUT2D eigenvalue weighted by Crippen LogP contribution is 2.33. The molecule has 3 saturated heterocycles. The van der Waals surface area contributed by atoms with E-state index in [4.69, 9.17) is 29.4 Å². The van der Waals surface area contributed by atoms with Gasteiger partial charge in [0.25, 0.3) is 5.91 Å². The molecular weight excluding hydrogens is 520 g/mol. The summed E-state index contributed by atoms with van der Waals surface area (Å²) in [7, 11) is 0. The van der Waals surface area contributed by atoms with Crippen LogP contribution in [0.15, 0.2) is 24.5 Å². The van der Waals surface area contributed by atoms with Crippen molar-refractivity contribution < 1.29 is 60.5 Å². The van der Waals surface area contributed by atoms with Gasteiger partial charge in [-0.25, -0.2) is 14.7 Å². The zero-order chi connectivity index (χ0) is 27.8. The van der Waals surface area contributed by atoms with Crippen LogP contribution in [0.4, 0.5) is 26.3 Å². The van der Waals surface area contributed by atoms with Gasteiger partial charge in [0.05, 0.1) is 25.2 Å². The Morgan fingerprint density at radius 3 is 2.16 bits per heavy atom. The molecule has 1 aromatic rings. The largest absolute Gasteiger partial charge is 0.490 e. The number of hydrogen-bond donors (Lipinski definition) is 2. The van der Waals surface area contributed by atoms with Gasteiger partial charge in [0.15, 0.2) is 0 Å². The van der Waals surface area contributed by atoms with Crippen LogP contribution in [0.1, 0.15) is 24.8 Å². The standard InChI is InChI=1S/C17H23N3O3.2C2HF3O2/c21-17(20-6-2-7-23-20)14-9-16-15(4-8-22-16)19(12-14)11-13-3-1-5-18-10-13;2*3-2(4,5)1(6)7/h1,3,5,10,14-16H,2,4,6-9,11-12H2;2*(H,6,7)/t14-,15+,16+;;/m0../s1. The van der Waals surface area contributed by atoms with Gasteiger partial charge in [-0.3, -0.25) is 19.5 Å². The van der Waals surface area contributed by atoms with Crippen LogP contribution >= 0.6 is 0 Å². The molecule has 0 bridgehead atoms. The summed E-state index contributed by atoms with van der Waals surface area (Å²) in [6.07, 6.45) is -3.52. The smallest absolute Gasteiger partial charge is 0.475 e. The minimum absolute atomic E-state index is 0.0379. The highest BCUT2D eigenvalue weighted by molar-refractivity contribution is 5.78. The van der Waals surface area contributed by atoms with E-state index in [2.05, 4.69) is 16.0 Å². The van der Waals surface area contributed by atoms with Crippen molar-refractivity contribution in [3.8, 4) is 0 Å². The van der Waals surface area contributed by atoms with E-state index >= 15 is 0 Å². The van der Waals surface area contributed by atoms with Crippen LogP contribution in [0.5, 0.6) is 0 Å². The second-order valence-corrected chi connectivity index (χ2v) is 8.22. The van der Waals surface area contributed by atoms with Crippen molar-refractivity contribution in [3.05, 3.63) is 30.1 Å². The molecule has 16 heteroatoms. The number of pyridine rings is 1. The lowest BCUT2D eigenvalue weighted by atomic mass is 9.89. The fraction of sp³-hybridized carbons (Fsp3) is 0.619. The number of carbonyl (C=O) groups excluding carboxylic acids is 1. The van der Waals surface area contributed by atoms with Crippen LogP contribution in [-0.4, -0.2) is 93.8 Å². The van der Waals surface area contributed by atoms with Gasteiger partial charge in [-0.1, -0.05) is 6.07 Å². The number of halogens is 6. The molecule has 0 spiro atoms. The van der Waals surface area contributed by atoms with Crippen molar-refractivity contribution in [2.75, 3.05) is 26.3 Å². The number of amides is 1. The predicted molar refractivity (Wildman–Crippen MR) is 111 cm³/mol. The van der Waals surface area contributed by atoms with Crippen molar-refractivity contribution in [3.63, 3.8) is 0 Å². The Hall–Kier alpha value is -2.98. The van der Waals surface area contributed by atoms with Crippen molar-refractivity contribution in [1.82, 2.24) is 14.9 Å². The minimum atomic E-state index is -5.08. The number of likely N-dealkylation sites (tertiary alicyclic amines) is 1. The third kappa shape index (κ3) is 9.44. The second kappa shape index (κ2) is 13.0. The molecule has 0 aromatic carbocycles. The molecule has 4 rings (SSSR count). The fourth-order valence-electron chi connectivity index (χ4n) is 3.97. The first-order valence-corrected chi connectivity index (χ1v) is 11.0. The average molecular weight is 545 g/mol. The van der Waals surface area contributed by atoms with Gasteiger partial charge in [0.1, 0.15) is 0 Å². The van der Waals surface area contributed by atoms with Crippen molar-refractivity contribution in [2.24, 2.45) is 5.92 Å². The van der Waals surface area contributed by atoms with Crippen molar-refractivity contribution in [1.29, 1.82) is 0 Å². The maximum Gasteiger partial charge on any atom is 0.490 e. The highest BCUT2D eigenvalue weighted by atomic mass is 19.4. The molecule has 0 unspecified atom stereocenters. The number of carboxylic acids is 2. The number of nitrogens with zero attached hydrogens (tertiary/aromatic N) is 3. The van der Waals surface area contributed by atoms with E-state index < -0.39 is 24.3 Å². The fourth-order valence-corrected chi connectivity index (χ4v) is 3.97. The van der Waals surface area contributed by atoms with E-state index in [0.717, 1.165) is 39.0 Å². The van der Waals surface area contributed by atoms with E-state index in [-0.39, 0.29) is 17.9 Å². The number of piperidine rings is 1. The molecule has 3 aliphatic rings. The molecule has 208 valence electrons. The summed E-state index contributed by atoms with van der Waals surface area (Å²) in [6, 6.07) is 4.47. The van der Waals surface area contributed by atoms with Gasteiger partial charge >= 0.3 is 24.3 Å². The maximum absolute atomic E-state index is 12.7.